The molecule has 3 aromatic rings. The van der Waals surface area contributed by atoms with E-state index in [4.69, 9.17) is 11.6 Å². The lowest BCUT2D eigenvalue weighted by Crippen LogP contribution is -2.35. The number of likely N-dealkylation sites (tertiary alicyclic amines) is 1. The summed E-state index contributed by atoms with van der Waals surface area (Å²) in [5.41, 5.74) is 0.548. The number of benzene rings is 2. The molecule has 176 valence electrons. The second kappa shape index (κ2) is 8.95. The van der Waals surface area contributed by atoms with Crippen LogP contribution in [0.3, 0.4) is 0 Å². The second-order valence-electron chi connectivity index (χ2n) is 8.18. The third kappa shape index (κ3) is 4.70. The highest BCUT2D eigenvalue weighted by Crippen LogP contribution is 2.35. The van der Waals surface area contributed by atoms with Gasteiger partial charge in [-0.1, -0.05) is 11.6 Å². The molecule has 0 radical (unpaired) electrons. The highest BCUT2D eigenvalue weighted by molar-refractivity contribution is 6.30. The number of fused-ring (bicyclic) bond motifs is 1. The Morgan fingerprint density at radius 1 is 1.21 bits per heavy atom. The average molecular weight is 484 g/mol. The number of hydrogen-bond donors (Lipinski definition) is 0. The highest BCUT2D eigenvalue weighted by Gasteiger charge is 2.34. The number of aryl methyl sites for hydroxylation is 1. The number of rotatable bonds is 4. The molecule has 5 nitrogen and oxygen atoms in total. The van der Waals surface area contributed by atoms with Crippen LogP contribution in [0.4, 0.5) is 17.6 Å². The maximum atomic E-state index is 14.5. The number of carbonyl (C=O) groups is 1. The van der Waals surface area contributed by atoms with Crippen molar-refractivity contribution in [3.05, 3.63) is 63.6 Å². The first kappa shape index (κ1) is 23.5. The fraction of sp³-hybridized carbons (Fsp3) is 0.391. The van der Waals surface area contributed by atoms with Crippen LogP contribution in [0.1, 0.15) is 46.1 Å². The molecule has 33 heavy (non-hydrogen) atoms. The number of aromatic nitrogens is 2. The molecule has 2 heterocycles. The van der Waals surface area contributed by atoms with Crippen molar-refractivity contribution in [2.24, 2.45) is 0 Å². The van der Waals surface area contributed by atoms with Crippen molar-refractivity contribution in [2.45, 2.75) is 38.5 Å². The fourth-order valence-electron chi connectivity index (χ4n) is 4.39. The predicted molar refractivity (Wildman–Crippen MR) is 116 cm³/mol. The van der Waals surface area contributed by atoms with Crippen molar-refractivity contribution >= 4 is 28.5 Å². The minimum Gasteiger partial charge on any atom is -0.465 e. The zero-order chi connectivity index (χ0) is 23.9. The average Bonchev–Trinajstić information content (AvgIpc) is 3.07. The van der Waals surface area contributed by atoms with E-state index >= 15 is 0 Å². The van der Waals surface area contributed by atoms with E-state index in [1.165, 1.54) is 31.4 Å². The lowest BCUT2D eigenvalue weighted by Gasteiger charge is -2.33. The Kier molecular flexibility index (Phi) is 6.37. The van der Waals surface area contributed by atoms with Gasteiger partial charge in [-0.25, -0.2) is 9.18 Å². The van der Waals surface area contributed by atoms with Gasteiger partial charge in [0.25, 0.3) is 0 Å². The maximum Gasteiger partial charge on any atom is 0.416 e. The van der Waals surface area contributed by atoms with Crippen molar-refractivity contribution in [2.75, 3.05) is 20.2 Å². The van der Waals surface area contributed by atoms with Gasteiger partial charge in [0.1, 0.15) is 5.82 Å². The molecule has 0 aliphatic carbocycles. The molecule has 2 aromatic carbocycles. The van der Waals surface area contributed by atoms with Gasteiger partial charge in [-0.2, -0.15) is 18.3 Å². The molecule has 1 fully saturated rings. The normalized spacial score (nSPS) is 15.8. The molecule has 0 atom stereocenters. The monoisotopic (exact) mass is 483 g/mol. The molecule has 0 unspecified atom stereocenters. The van der Waals surface area contributed by atoms with E-state index in [-0.39, 0.29) is 28.7 Å². The maximum absolute atomic E-state index is 14.5. The number of methoxy groups -OCH3 is 1. The molecule has 1 aromatic heterocycles. The Labute approximate surface area is 192 Å². The Hall–Kier alpha value is -2.65. The van der Waals surface area contributed by atoms with E-state index in [2.05, 4.69) is 9.84 Å². The summed E-state index contributed by atoms with van der Waals surface area (Å²) in [5.74, 6) is -1.44. The largest absolute Gasteiger partial charge is 0.465 e. The number of piperidine rings is 1. The summed E-state index contributed by atoms with van der Waals surface area (Å²) in [7, 11) is 1.19. The van der Waals surface area contributed by atoms with Crippen LogP contribution in [0.2, 0.25) is 5.02 Å². The van der Waals surface area contributed by atoms with E-state index in [9.17, 15) is 22.4 Å². The van der Waals surface area contributed by atoms with Gasteiger partial charge < -0.3 is 4.74 Å². The number of alkyl halides is 3. The molecule has 0 amide bonds. The number of nitrogens with zero attached hydrogens (tertiary/aromatic N) is 3. The summed E-state index contributed by atoms with van der Waals surface area (Å²) >= 11 is 5.94. The number of carbonyl (C=O) groups excluding carboxylic acids is 1. The van der Waals surface area contributed by atoms with E-state index in [0.717, 1.165) is 6.07 Å². The van der Waals surface area contributed by atoms with Crippen molar-refractivity contribution in [1.82, 2.24) is 14.7 Å². The minimum atomic E-state index is -4.45. The molecule has 0 N–H and O–H groups in total. The summed E-state index contributed by atoms with van der Waals surface area (Å²) in [5, 5.41) is 5.48. The smallest absolute Gasteiger partial charge is 0.416 e. The van der Waals surface area contributed by atoms with Crippen LogP contribution in [0.5, 0.6) is 0 Å². The van der Waals surface area contributed by atoms with Crippen LogP contribution in [0.15, 0.2) is 30.3 Å². The number of hydrogen-bond acceptors (Lipinski definition) is 4. The van der Waals surface area contributed by atoms with Gasteiger partial charge in [0, 0.05) is 36.1 Å². The standard InChI is InChI=1S/C23H22ClF4N3O2/c1-13-17-10-18(22(32)33-2)20(25)11-21(17)31(29-13)16-5-7-30(8-6-16)12-14-9-15(24)3-4-19(14)23(26,27)28/h3-4,9-11,16H,5-8,12H2,1-2H3. The fourth-order valence-corrected chi connectivity index (χ4v) is 4.58. The molecule has 1 saturated heterocycles. The van der Waals surface area contributed by atoms with Gasteiger partial charge in [0.15, 0.2) is 0 Å². The molecule has 4 rings (SSSR count). The molecule has 0 spiro atoms. The quantitative estimate of drug-likeness (QED) is 0.348. The summed E-state index contributed by atoms with van der Waals surface area (Å²) in [4.78, 5) is 13.8. The lowest BCUT2D eigenvalue weighted by molar-refractivity contribution is -0.138. The Morgan fingerprint density at radius 3 is 2.55 bits per heavy atom. The van der Waals surface area contributed by atoms with Crippen LogP contribution >= 0.6 is 11.6 Å². The van der Waals surface area contributed by atoms with Crippen molar-refractivity contribution in [3.8, 4) is 0 Å². The Bertz CT molecular complexity index is 1200. The molecular weight excluding hydrogens is 462 g/mol. The SMILES string of the molecule is COC(=O)c1cc2c(C)nn(C3CCN(Cc4cc(Cl)ccc4C(F)(F)F)CC3)c2cc1F. The van der Waals surface area contributed by atoms with Gasteiger partial charge in [-0.15, -0.1) is 0 Å². The molecular formula is C23H22ClF4N3O2. The van der Waals surface area contributed by atoms with E-state index in [1.807, 2.05) is 4.90 Å². The molecule has 0 bridgehead atoms. The van der Waals surface area contributed by atoms with Crippen molar-refractivity contribution < 1.29 is 27.1 Å². The van der Waals surface area contributed by atoms with Gasteiger partial charge in [0.05, 0.1) is 35.5 Å². The van der Waals surface area contributed by atoms with E-state index in [0.29, 0.717) is 42.5 Å². The van der Waals surface area contributed by atoms with Crippen LogP contribution in [-0.2, 0) is 17.5 Å². The molecule has 1 aliphatic heterocycles. The summed E-state index contributed by atoms with van der Waals surface area (Å²) < 4.78 is 61.0. The zero-order valence-electron chi connectivity index (χ0n) is 18.0. The summed E-state index contributed by atoms with van der Waals surface area (Å²) in [6.45, 7) is 3.03. The van der Waals surface area contributed by atoms with Crippen molar-refractivity contribution in [1.29, 1.82) is 0 Å². The first-order chi connectivity index (χ1) is 15.6. The topological polar surface area (TPSA) is 47.4 Å². The number of halogens is 5. The van der Waals surface area contributed by atoms with Gasteiger partial charge >= 0.3 is 12.1 Å². The van der Waals surface area contributed by atoms with Gasteiger partial charge in [-0.3, -0.25) is 9.58 Å². The summed E-state index contributed by atoms with van der Waals surface area (Å²) in [6, 6.07) is 6.32. The van der Waals surface area contributed by atoms with Gasteiger partial charge in [-0.05, 0) is 49.6 Å². The molecule has 10 heteroatoms. The van der Waals surface area contributed by atoms with Crippen LogP contribution < -0.4 is 0 Å². The third-order valence-corrected chi connectivity index (χ3v) is 6.29. The second-order valence-corrected chi connectivity index (χ2v) is 8.61. The first-order valence-electron chi connectivity index (χ1n) is 10.4. The molecule has 1 aliphatic rings. The third-order valence-electron chi connectivity index (χ3n) is 6.05. The van der Waals surface area contributed by atoms with Crippen LogP contribution in [0.25, 0.3) is 10.9 Å². The predicted octanol–water partition coefficient (Wildman–Crippen LogP) is 5.78. The Balaban J connectivity index is 1.53. The van der Waals surface area contributed by atoms with Crippen LogP contribution in [-0.4, -0.2) is 40.8 Å². The number of ether oxygens (including phenoxy) is 1. The highest BCUT2D eigenvalue weighted by atomic mass is 35.5. The van der Waals surface area contributed by atoms with Gasteiger partial charge in [0.2, 0.25) is 0 Å². The van der Waals surface area contributed by atoms with Crippen LogP contribution in [0, 0.1) is 12.7 Å². The Morgan fingerprint density at radius 2 is 1.91 bits per heavy atom. The first-order valence-corrected chi connectivity index (χ1v) is 10.8. The van der Waals surface area contributed by atoms with E-state index < -0.39 is 23.5 Å². The summed E-state index contributed by atoms with van der Waals surface area (Å²) in [6.07, 6.45) is -3.17. The minimum absolute atomic E-state index is 0.0396. The zero-order valence-corrected chi connectivity index (χ0v) is 18.8. The van der Waals surface area contributed by atoms with Crippen molar-refractivity contribution in [3.63, 3.8) is 0 Å². The number of esters is 1. The lowest BCUT2D eigenvalue weighted by atomic mass is 10.0. The van der Waals surface area contributed by atoms with E-state index in [1.54, 1.807) is 11.6 Å². The molecule has 0 saturated carbocycles.